The van der Waals surface area contributed by atoms with Crippen LogP contribution in [0.15, 0.2) is 48.5 Å². The fraction of sp³-hybridized carbons (Fsp3) is 0.545. The molecule has 1 saturated heterocycles. The van der Waals surface area contributed by atoms with Gasteiger partial charge in [-0.25, -0.2) is 14.4 Å². The number of likely N-dealkylation sites (N-methyl/N-ethyl adjacent to an activating group) is 1. The van der Waals surface area contributed by atoms with Gasteiger partial charge < -0.3 is 34.4 Å². The first-order valence-corrected chi connectivity index (χ1v) is 16.4. The van der Waals surface area contributed by atoms with Crippen molar-refractivity contribution in [2.75, 3.05) is 39.9 Å². The Hall–Kier alpha value is -4.10. The van der Waals surface area contributed by atoms with Crippen molar-refractivity contribution in [1.29, 1.82) is 0 Å². The quantitative estimate of drug-likeness (QED) is 0.0757. The molecule has 2 aromatic carbocycles. The van der Waals surface area contributed by atoms with Crippen LogP contribution in [0.1, 0.15) is 63.0 Å². The van der Waals surface area contributed by atoms with Crippen LogP contribution >= 0.6 is 11.6 Å². The first-order chi connectivity index (χ1) is 22.6. The number of urea groups is 1. The van der Waals surface area contributed by atoms with Crippen LogP contribution in [0.3, 0.4) is 0 Å². The maximum absolute atomic E-state index is 13.6. The Kier molecular flexibility index (Phi) is 13.5. The molecule has 0 bridgehead atoms. The summed E-state index contributed by atoms with van der Waals surface area (Å²) in [5.41, 5.74) is 0.700. The van der Waals surface area contributed by atoms with Gasteiger partial charge in [-0.1, -0.05) is 55.8 Å². The average molecular weight is 675 g/mol. The number of nitro groups is 1. The Morgan fingerprint density at radius 2 is 1.83 bits per heavy atom. The predicted octanol–water partition coefficient (Wildman–Crippen LogP) is 6.89. The minimum absolute atomic E-state index is 0.0419. The molecule has 1 aliphatic heterocycles. The molecule has 1 saturated carbocycles. The van der Waals surface area contributed by atoms with Crippen molar-refractivity contribution in [2.45, 2.75) is 63.5 Å². The molecule has 3 atom stereocenters. The van der Waals surface area contributed by atoms with Crippen LogP contribution in [0.4, 0.5) is 20.1 Å². The highest BCUT2D eigenvalue weighted by Crippen LogP contribution is 2.34. The number of nitrogens with zero attached hydrogens (tertiary/aromatic N) is 3. The van der Waals surface area contributed by atoms with Crippen LogP contribution in [-0.4, -0.2) is 84.0 Å². The topological polar surface area (TPSA) is 161 Å². The predicted molar refractivity (Wildman–Crippen MR) is 174 cm³/mol. The van der Waals surface area contributed by atoms with E-state index in [9.17, 15) is 29.6 Å². The molecule has 2 aromatic rings. The third-order valence-electron chi connectivity index (χ3n) is 8.69. The van der Waals surface area contributed by atoms with Gasteiger partial charge in [0.05, 0.1) is 17.6 Å². The van der Waals surface area contributed by atoms with E-state index in [1.807, 2.05) is 18.2 Å². The average Bonchev–Trinajstić information content (AvgIpc) is 3.05. The van der Waals surface area contributed by atoms with E-state index in [0.717, 1.165) is 50.5 Å². The highest BCUT2D eigenvalue weighted by Gasteiger charge is 2.33. The van der Waals surface area contributed by atoms with Crippen LogP contribution in [0, 0.1) is 22.0 Å². The van der Waals surface area contributed by atoms with Crippen LogP contribution in [-0.2, 0) is 9.47 Å². The van der Waals surface area contributed by atoms with Gasteiger partial charge >= 0.3 is 18.3 Å². The summed E-state index contributed by atoms with van der Waals surface area (Å²) in [5.74, 6) is 0.479. The van der Waals surface area contributed by atoms with Gasteiger partial charge in [0.1, 0.15) is 12.4 Å². The van der Waals surface area contributed by atoms with E-state index in [1.165, 1.54) is 42.6 Å². The van der Waals surface area contributed by atoms with Crippen LogP contribution in [0.25, 0.3) is 0 Å². The van der Waals surface area contributed by atoms with E-state index in [-0.39, 0.29) is 49.2 Å². The zero-order valence-corrected chi connectivity index (χ0v) is 27.3. The second-order valence-corrected chi connectivity index (χ2v) is 12.6. The number of nitro benzene ring substituents is 1. The number of carboxylic acid groups (broad SMARTS) is 1. The number of piperidine rings is 1. The largest absolute Gasteiger partial charge is 0.513 e. The smallest absolute Gasteiger partial charge is 0.465 e. The second kappa shape index (κ2) is 17.7. The van der Waals surface area contributed by atoms with E-state index in [2.05, 4.69) is 5.32 Å². The van der Waals surface area contributed by atoms with E-state index in [4.69, 9.17) is 25.8 Å². The number of non-ortho nitro benzene ring substituents is 1. The monoisotopic (exact) mass is 674 g/mol. The molecular weight excluding hydrogens is 632 g/mol. The minimum atomic E-state index is -1.03. The molecule has 2 aliphatic rings. The first kappa shape index (κ1) is 35.7. The number of rotatable bonds is 13. The Balaban J connectivity index is 1.35. The summed E-state index contributed by atoms with van der Waals surface area (Å²) in [7, 11) is 1.52. The van der Waals surface area contributed by atoms with Gasteiger partial charge in [0.2, 0.25) is 0 Å². The molecule has 47 heavy (non-hydrogen) atoms. The lowest BCUT2D eigenvalue weighted by atomic mass is 9.84. The maximum atomic E-state index is 13.6. The fourth-order valence-electron chi connectivity index (χ4n) is 6.37. The lowest BCUT2D eigenvalue weighted by molar-refractivity contribution is -0.384. The van der Waals surface area contributed by atoms with Crippen molar-refractivity contribution < 1.29 is 38.6 Å². The van der Waals surface area contributed by atoms with E-state index in [0.29, 0.717) is 24.0 Å². The van der Waals surface area contributed by atoms with Gasteiger partial charge in [-0.2, -0.15) is 0 Å². The standard InChI is InChI=1S/C33H43ClN4O9/c1-36(32(40)41)22-27(19-23-7-3-2-4-8-23)35-31(39)37-16-6-10-25(21-37)30(24-9-5-11-26(34)20-24)45-17-18-46-33(42)47-29-14-12-28(13-15-29)38(43)44/h5,9,11-15,20,23,25,27,30H,2-4,6-8,10,16-19,21-22H2,1H3,(H,35,39)(H,40,41)/t25-,27-,30?/m1/s1. The number of amides is 3. The highest BCUT2D eigenvalue weighted by molar-refractivity contribution is 6.30. The molecule has 1 unspecified atom stereocenters. The van der Waals surface area contributed by atoms with Crippen LogP contribution < -0.4 is 10.1 Å². The van der Waals surface area contributed by atoms with Gasteiger partial charge in [-0.15, -0.1) is 0 Å². The first-order valence-electron chi connectivity index (χ1n) is 16.0. The second-order valence-electron chi connectivity index (χ2n) is 12.2. The summed E-state index contributed by atoms with van der Waals surface area (Å²) < 4.78 is 16.5. The van der Waals surface area contributed by atoms with Crippen molar-refractivity contribution in [2.24, 2.45) is 11.8 Å². The molecule has 256 valence electrons. The van der Waals surface area contributed by atoms with Crippen molar-refractivity contribution >= 4 is 35.6 Å². The molecule has 0 aromatic heterocycles. The van der Waals surface area contributed by atoms with Crippen molar-refractivity contribution in [3.05, 3.63) is 69.2 Å². The molecule has 0 radical (unpaired) electrons. The summed E-state index contributed by atoms with van der Waals surface area (Å²) in [6.07, 6.45) is 5.53. The molecule has 0 spiro atoms. The van der Waals surface area contributed by atoms with Crippen LogP contribution in [0.5, 0.6) is 5.75 Å². The lowest BCUT2D eigenvalue weighted by Gasteiger charge is -2.38. The Bertz CT molecular complexity index is 1360. The van der Waals surface area contributed by atoms with E-state index < -0.39 is 23.3 Å². The summed E-state index contributed by atoms with van der Waals surface area (Å²) in [5, 5.41) is 24.0. The number of nitrogens with one attached hydrogen (secondary N) is 1. The van der Waals surface area contributed by atoms with Gasteiger partial charge in [0.25, 0.3) is 5.69 Å². The van der Waals surface area contributed by atoms with Crippen molar-refractivity contribution in [3.8, 4) is 5.75 Å². The van der Waals surface area contributed by atoms with Crippen molar-refractivity contribution in [3.63, 3.8) is 0 Å². The number of likely N-dealkylation sites (tertiary alicyclic amines) is 1. The number of carbonyl (C=O) groups is 3. The van der Waals surface area contributed by atoms with Gasteiger partial charge in [0.15, 0.2) is 0 Å². The SMILES string of the molecule is CN(C[C@@H](CC1CCCCC1)NC(=O)N1CCC[C@@H](C(OCCOC(=O)Oc2ccc([N+](=O)[O-])cc2)c2cccc(Cl)c2)C1)C(=O)O. The molecule has 3 amide bonds. The molecule has 1 aliphatic carbocycles. The highest BCUT2D eigenvalue weighted by atomic mass is 35.5. The number of hydrogen-bond acceptors (Lipinski definition) is 8. The lowest BCUT2D eigenvalue weighted by Crippen LogP contribution is -2.52. The molecule has 1 heterocycles. The van der Waals surface area contributed by atoms with E-state index >= 15 is 0 Å². The Labute approximate surface area is 279 Å². The third-order valence-corrected chi connectivity index (χ3v) is 8.93. The Morgan fingerprint density at radius 1 is 1.09 bits per heavy atom. The zero-order chi connectivity index (χ0) is 33.8. The van der Waals surface area contributed by atoms with Gasteiger partial charge in [0, 0.05) is 55.8 Å². The summed E-state index contributed by atoms with van der Waals surface area (Å²) in [4.78, 5) is 50.6. The molecule has 4 rings (SSSR count). The number of ether oxygens (including phenoxy) is 3. The minimum Gasteiger partial charge on any atom is -0.465 e. The Morgan fingerprint density at radius 3 is 2.51 bits per heavy atom. The molecule has 2 N–H and O–H groups in total. The molecule has 14 heteroatoms. The number of benzene rings is 2. The summed E-state index contributed by atoms with van der Waals surface area (Å²) in [6, 6.07) is 11.8. The normalized spacial score (nSPS) is 18.1. The van der Waals surface area contributed by atoms with Gasteiger partial charge in [-0.3, -0.25) is 10.1 Å². The van der Waals surface area contributed by atoms with Crippen molar-refractivity contribution in [1.82, 2.24) is 15.1 Å². The fourth-order valence-corrected chi connectivity index (χ4v) is 6.57. The third kappa shape index (κ3) is 11.3. The zero-order valence-electron chi connectivity index (χ0n) is 26.6. The summed E-state index contributed by atoms with van der Waals surface area (Å²) in [6.45, 7) is 1.12. The molecule has 13 nitrogen and oxygen atoms in total. The number of hydrogen-bond donors (Lipinski definition) is 2. The van der Waals surface area contributed by atoms with Gasteiger partial charge in [-0.05, 0) is 55.0 Å². The molecule has 2 fully saturated rings. The van der Waals surface area contributed by atoms with E-state index in [1.54, 1.807) is 11.0 Å². The molecular formula is C33H43ClN4O9. The maximum Gasteiger partial charge on any atom is 0.513 e. The summed E-state index contributed by atoms with van der Waals surface area (Å²) >= 11 is 6.32. The van der Waals surface area contributed by atoms with Crippen LogP contribution in [0.2, 0.25) is 5.02 Å². The number of halogens is 1. The number of carbonyl (C=O) groups excluding carboxylic acids is 2.